The molecule has 3 N–H and O–H groups in total. The van der Waals surface area contributed by atoms with E-state index in [1.54, 1.807) is 13.8 Å². The molecular weight excluding hydrogens is 286 g/mol. The number of para-hydroxylation sites is 1. The third kappa shape index (κ3) is 4.71. The summed E-state index contributed by atoms with van der Waals surface area (Å²) in [6, 6.07) is 3.80. The number of hydrogen-bond acceptors (Lipinski definition) is 5. The number of carbonyl (C=O) groups is 1. The Labute approximate surface area is 117 Å². The zero-order valence-electron chi connectivity index (χ0n) is 11.2. The Hall–Kier alpha value is -1.80. The van der Waals surface area contributed by atoms with Crippen LogP contribution in [0.15, 0.2) is 18.2 Å². The van der Waals surface area contributed by atoms with Crippen LogP contribution in [0, 0.1) is 0 Å². The van der Waals surface area contributed by atoms with E-state index in [1.165, 1.54) is 18.2 Å². The molecule has 0 aliphatic rings. The van der Waals surface area contributed by atoms with Gasteiger partial charge in [-0.3, -0.25) is 4.72 Å². The molecule has 0 aromatic heterocycles. The first-order valence-electron chi connectivity index (χ1n) is 5.90. The number of benzene rings is 1. The minimum absolute atomic E-state index is 0.00633. The van der Waals surface area contributed by atoms with Crippen molar-refractivity contribution in [2.24, 2.45) is 0 Å². The molecule has 1 aromatic carbocycles. The number of nitrogens with one attached hydrogen (secondary N) is 1. The van der Waals surface area contributed by atoms with Gasteiger partial charge in [0, 0.05) is 0 Å². The third-order valence-electron chi connectivity index (χ3n) is 2.34. The summed E-state index contributed by atoms with van der Waals surface area (Å²) < 4.78 is 30.8. The van der Waals surface area contributed by atoms with E-state index < -0.39 is 21.7 Å². The number of hydrogen-bond donors (Lipinski definition) is 3. The van der Waals surface area contributed by atoms with Crippen molar-refractivity contribution in [3.05, 3.63) is 23.8 Å². The van der Waals surface area contributed by atoms with Gasteiger partial charge in [0.25, 0.3) is 0 Å². The molecule has 0 aliphatic carbocycles. The first kappa shape index (κ1) is 16.3. The van der Waals surface area contributed by atoms with Gasteiger partial charge in [0.05, 0.1) is 24.2 Å². The molecule has 0 atom stereocenters. The van der Waals surface area contributed by atoms with E-state index in [0.717, 1.165) is 0 Å². The van der Waals surface area contributed by atoms with Gasteiger partial charge >= 0.3 is 5.97 Å². The fourth-order valence-electron chi connectivity index (χ4n) is 1.41. The number of carboxylic acid groups (broad SMARTS) is 1. The van der Waals surface area contributed by atoms with Crippen LogP contribution >= 0.6 is 0 Å². The number of sulfonamides is 1. The lowest BCUT2D eigenvalue weighted by atomic mass is 10.2. The summed E-state index contributed by atoms with van der Waals surface area (Å²) in [5.74, 6) is -2.25. The van der Waals surface area contributed by atoms with Crippen molar-refractivity contribution in [2.75, 3.05) is 17.1 Å². The molecule has 7 nitrogen and oxygen atoms in total. The Kier molecular flexibility index (Phi) is 5.34. The van der Waals surface area contributed by atoms with Crippen molar-refractivity contribution < 1.29 is 28.2 Å². The Morgan fingerprint density at radius 1 is 1.40 bits per heavy atom. The van der Waals surface area contributed by atoms with Crippen LogP contribution in [-0.2, 0) is 14.8 Å². The smallest absolute Gasteiger partial charge is 0.339 e. The number of carboxylic acids is 1. The molecule has 1 aromatic rings. The van der Waals surface area contributed by atoms with Gasteiger partial charge in [0.1, 0.15) is 5.56 Å². The first-order chi connectivity index (χ1) is 9.23. The Balaban J connectivity index is 2.82. The second-order valence-electron chi connectivity index (χ2n) is 4.35. The average Bonchev–Trinajstić information content (AvgIpc) is 2.30. The van der Waals surface area contributed by atoms with E-state index in [0.29, 0.717) is 0 Å². The molecule has 0 fully saturated rings. The third-order valence-corrected chi connectivity index (χ3v) is 3.57. The number of ether oxygens (including phenoxy) is 1. The van der Waals surface area contributed by atoms with Gasteiger partial charge in [0.2, 0.25) is 10.0 Å². The highest BCUT2D eigenvalue weighted by Crippen LogP contribution is 2.28. The van der Waals surface area contributed by atoms with E-state index in [4.69, 9.17) is 9.84 Å². The summed E-state index contributed by atoms with van der Waals surface area (Å²) in [7, 11) is -3.72. The summed E-state index contributed by atoms with van der Waals surface area (Å²) in [5.41, 5.74) is -0.543. The summed E-state index contributed by atoms with van der Waals surface area (Å²) >= 11 is 0. The lowest BCUT2D eigenvalue weighted by Crippen LogP contribution is -2.21. The maximum absolute atomic E-state index is 11.8. The lowest BCUT2D eigenvalue weighted by Gasteiger charge is -2.12. The largest absolute Gasteiger partial charge is 0.505 e. The molecule has 0 unspecified atom stereocenters. The summed E-state index contributed by atoms with van der Waals surface area (Å²) in [6.45, 7) is 3.57. The summed E-state index contributed by atoms with van der Waals surface area (Å²) in [4.78, 5) is 10.8. The molecule has 1 rings (SSSR count). The average molecular weight is 303 g/mol. The van der Waals surface area contributed by atoms with Gasteiger partial charge in [-0.25, -0.2) is 13.2 Å². The number of aromatic hydroxyl groups is 1. The van der Waals surface area contributed by atoms with Crippen LogP contribution in [0.1, 0.15) is 24.2 Å². The van der Waals surface area contributed by atoms with Crippen molar-refractivity contribution in [2.45, 2.75) is 20.0 Å². The highest BCUT2D eigenvalue weighted by Gasteiger charge is 2.17. The highest BCUT2D eigenvalue weighted by atomic mass is 32.2. The molecular formula is C12H17NO6S. The maximum Gasteiger partial charge on any atom is 0.339 e. The zero-order valence-corrected chi connectivity index (χ0v) is 12.0. The fourth-order valence-corrected chi connectivity index (χ4v) is 2.33. The number of anilines is 1. The van der Waals surface area contributed by atoms with Crippen LogP contribution in [0.5, 0.6) is 5.75 Å². The topological polar surface area (TPSA) is 113 Å². The summed E-state index contributed by atoms with van der Waals surface area (Å²) in [6.07, 6.45) is -0.0889. The standard InChI is InChI=1S/C12H17NO6S/c1-8(2)19-6-7-20(17,18)13-10-5-3-4-9(11(10)14)12(15)16/h3-5,8,13-14H,6-7H2,1-2H3,(H,15,16). The van der Waals surface area contributed by atoms with Crippen LogP contribution in [0.3, 0.4) is 0 Å². The molecule has 20 heavy (non-hydrogen) atoms. The minimum atomic E-state index is -3.72. The predicted octanol–water partition coefficient (Wildman–Crippen LogP) is 1.26. The molecule has 0 saturated heterocycles. The first-order valence-corrected chi connectivity index (χ1v) is 7.55. The van der Waals surface area contributed by atoms with E-state index in [2.05, 4.69) is 4.72 Å². The highest BCUT2D eigenvalue weighted by molar-refractivity contribution is 7.92. The quantitative estimate of drug-likeness (QED) is 0.653. The van der Waals surface area contributed by atoms with Crippen molar-refractivity contribution in [1.82, 2.24) is 0 Å². The van der Waals surface area contributed by atoms with E-state index >= 15 is 0 Å². The SMILES string of the molecule is CC(C)OCCS(=O)(=O)Nc1cccc(C(=O)O)c1O. The predicted molar refractivity (Wildman–Crippen MR) is 73.6 cm³/mol. The number of phenols is 1. The van der Waals surface area contributed by atoms with Crippen molar-refractivity contribution in [3.8, 4) is 5.75 Å². The van der Waals surface area contributed by atoms with Gasteiger partial charge in [0.15, 0.2) is 5.75 Å². The Bertz CT molecular complexity index is 582. The molecule has 0 amide bonds. The molecule has 0 radical (unpaired) electrons. The molecule has 0 spiro atoms. The van der Waals surface area contributed by atoms with E-state index in [-0.39, 0.29) is 29.7 Å². The van der Waals surface area contributed by atoms with Crippen LogP contribution in [0.25, 0.3) is 0 Å². The lowest BCUT2D eigenvalue weighted by molar-refractivity contribution is 0.0693. The van der Waals surface area contributed by atoms with E-state index in [9.17, 15) is 18.3 Å². The molecule has 0 saturated carbocycles. The van der Waals surface area contributed by atoms with Gasteiger partial charge in [-0.2, -0.15) is 0 Å². The normalized spacial score (nSPS) is 11.6. The van der Waals surface area contributed by atoms with Gasteiger partial charge in [-0.05, 0) is 26.0 Å². The summed E-state index contributed by atoms with van der Waals surface area (Å²) in [5, 5.41) is 18.5. The van der Waals surface area contributed by atoms with E-state index in [1.807, 2.05) is 0 Å². The van der Waals surface area contributed by atoms with Crippen LogP contribution in [-0.4, -0.2) is 43.1 Å². The maximum atomic E-state index is 11.8. The number of aromatic carboxylic acids is 1. The van der Waals surface area contributed by atoms with Crippen LogP contribution in [0.2, 0.25) is 0 Å². The molecule has 0 aliphatic heterocycles. The Morgan fingerprint density at radius 3 is 2.60 bits per heavy atom. The molecule has 0 bridgehead atoms. The second-order valence-corrected chi connectivity index (χ2v) is 6.19. The number of rotatable bonds is 7. The zero-order chi connectivity index (χ0) is 15.3. The molecule has 112 valence electrons. The minimum Gasteiger partial charge on any atom is -0.505 e. The second kappa shape index (κ2) is 6.58. The van der Waals surface area contributed by atoms with Crippen molar-refractivity contribution in [3.63, 3.8) is 0 Å². The van der Waals surface area contributed by atoms with Crippen molar-refractivity contribution >= 4 is 21.7 Å². The van der Waals surface area contributed by atoms with Gasteiger partial charge < -0.3 is 14.9 Å². The Morgan fingerprint density at radius 2 is 2.05 bits per heavy atom. The molecule has 0 heterocycles. The van der Waals surface area contributed by atoms with Gasteiger partial charge in [-0.15, -0.1) is 0 Å². The van der Waals surface area contributed by atoms with Crippen LogP contribution < -0.4 is 4.72 Å². The monoisotopic (exact) mass is 303 g/mol. The molecule has 8 heteroatoms. The fraction of sp³-hybridized carbons (Fsp3) is 0.417. The van der Waals surface area contributed by atoms with Gasteiger partial charge in [-0.1, -0.05) is 6.07 Å². The van der Waals surface area contributed by atoms with Crippen LogP contribution in [0.4, 0.5) is 5.69 Å². The van der Waals surface area contributed by atoms with Crippen molar-refractivity contribution in [1.29, 1.82) is 0 Å².